The van der Waals surface area contributed by atoms with Crippen LogP contribution < -0.4 is 4.74 Å². The lowest BCUT2D eigenvalue weighted by atomic mass is 9.98. The molecule has 1 fully saturated rings. The van der Waals surface area contributed by atoms with Crippen molar-refractivity contribution in [2.24, 2.45) is 0 Å². The van der Waals surface area contributed by atoms with Gasteiger partial charge in [-0.05, 0) is 38.0 Å². The summed E-state index contributed by atoms with van der Waals surface area (Å²) in [5.41, 5.74) is 1.67. The minimum atomic E-state index is 0.0709. The van der Waals surface area contributed by atoms with E-state index in [1.807, 2.05) is 12.1 Å². The molecule has 0 N–H and O–H groups in total. The first-order valence-electron chi connectivity index (χ1n) is 7.00. The van der Waals surface area contributed by atoms with E-state index in [0.717, 1.165) is 24.2 Å². The number of Topliss-reactive ketones (excluding diaryl/α,β-unsaturated/α-hetero) is 1. The van der Waals surface area contributed by atoms with Crippen LogP contribution in [0.4, 0.5) is 0 Å². The summed E-state index contributed by atoms with van der Waals surface area (Å²) in [4.78, 5) is 11.4. The van der Waals surface area contributed by atoms with E-state index in [9.17, 15) is 4.79 Å². The van der Waals surface area contributed by atoms with Gasteiger partial charge in [-0.1, -0.05) is 19.3 Å². The molecule has 0 aliphatic heterocycles. The van der Waals surface area contributed by atoms with Gasteiger partial charge < -0.3 is 9.47 Å². The van der Waals surface area contributed by atoms with Gasteiger partial charge in [0.2, 0.25) is 0 Å². The molecule has 1 aromatic rings. The van der Waals surface area contributed by atoms with Crippen molar-refractivity contribution in [1.82, 2.24) is 0 Å². The van der Waals surface area contributed by atoms with E-state index in [0.29, 0.717) is 18.3 Å². The van der Waals surface area contributed by atoms with Gasteiger partial charge in [0.25, 0.3) is 0 Å². The molecule has 104 valence electrons. The fraction of sp³-hybridized carbons (Fsp3) is 0.562. The molecule has 3 nitrogen and oxygen atoms in total. The highest BCUT2D eigenvalue weighted by atomic mass is 16.5. The minimum absolute atomic E-state index is 0.0709. The van der Waals surface area contributed by atoms with E-state index < -0.39 is 0 Å². The highest BCUT2D eigenvalue weighted by Crippen LogP contribution is 2.25. The van der Waals surface area contributed by atoms with E-state index in [1.165, 1.54) is 19.3 Å². The Morgan fingerprint density at radius 3 is 2.63 bits per heavy atom. The number of ketones is 1. The summed E-state index contributed by atoms with van der Waals surface area (Å²) in [7, 11) is 1.65. The SMILES string of the molecule is COc1ccc(C(C)=O)cc1COC1CCCCC1. The quantitative estimate of drug-likeness (QED) is 0.758. The Labute approximate surface area is 114 Å². The fourth-order valence-corrected chi connectivity index (χ4v) is 2.55. The van der Waals surface area contributed by atoms with Crippen LogP contribution in [0.2, 0.25) is 0 Å². The predicted molar refractivity (Wildman–Crippen MR) is 74.7 cm³/mol. The second-order valence-electron chi connectivity index (χ2n) is 5.15. The summed E-state index contributed by atoms with van der Waals surface area (Å²) < 4.78 is 11.3. The molecule has 0 amide bonds. The summed E-state index contributed by atoms with van der Waals surface area (Å²) in [6, 6.07) is 5.52. The van der Waals surface area contributed by atoms with Crippen LogP contribution in [0.15, 0.2) is 18.2 Å². The van der Waals surface area contributed by atoms with Crippen LogP contribution in [-0.4, -0.2) is 19.0 Å². The van der Waals surface area contributed by atoms with E-state index in [2.05, 4.69) is 0 Å². The highest BCUT2D eigenvalue weighted by molar-refractivity contribution is 5.94. The summed E-state index contributed by atoms with van der Waals surface area (Å²) in [5, 5.41) is 0. The summed E-state index contributed by atoms with van der Waals surface area (Å²) in [6.07, 6.45) is 6.50. The number of hydrogen-bond acceptors (Lipinski definition) is 3. The van der Waals surface area contributed by atoms with E-state index in [4.69, 9.17) is 9.47 Å². The molecule has 0 unspecified atom stereocenters. The normalized spacial score (nSPS) is 16.3. The zero-order valence-electron chi connectivity index (χ0n) is 11.8. The molecular weight excluding hydrogens is 240 g/mol. The number of carbonyl (C=O) groups is 1. The molecule has 0 aromatic heterocycles. The lowest BCUT2D eigenvalue weighted by Crippen LogP contribution is -2.16. The lowest BCUT2D eigenvalue weighted by molar-refractivity contribution is 0.0160. The average molecular weight is 262 g/mol. The Morgan fingerprint density at radius 2 is 2.00 bits per heavy atom. The van der Waals surface area contributed by atoms with Crippen molar-refractivity contribution in [2.75, 3.05) is 7.11 Å². The number of methoxy groups -OCH3 is 1. The molecule has 0 heterocycles. The molecule has 0 atom stereocenters. The van der Waals surface area contributed by atoms with Crippen LogP contribution in [0.5, 0.6) is 5.75 Å². The third kappa shape index (κ3) is 3.80. The van der Waals surface area contributed by atoms with Crippen molar-refractivity contribution < 1.29 is 14.3 Å². The molecule has 1 aliphatic carbocycles. The Morgan fingerprint density at radius 1 is 1.26 bits per heavy atom. The largest absolute Gasteiger partial charge is 0.496 e. The standard InChI is InChI=1S/C16H22O3/c1-12(17)13-8-9-16(18-2)14(10-13)11-19-15-6-4-3-5-7-15/h8-10,15H,3-7,11H2,1-2H3. The topological polar surface area (TPSA) is 35.5 Å². The third-order valence-electron chi connectivity index (χ3n) is 3.71. The molecule has 2 rings (SSSR count). The van der Waals surface area contributed by atoms with E-state index >= 15 is 0 Å². The highest BCUT2D eigenvalue weighted by Gasteiger charge is 2.15. The average Bonchev–Trinajstić information content (AvgIpc) is 2.45. The Bertz CT molecular complexity index is 434. The van der Waals surface area contributed by atoms with Crippen LogP contribution >= 0.6 is 0 Å². The third-order valence-corrected chi connectivity index (χ3v) is 3.71. The van der Waals surface area contributed by atoms with Gasteiger partial charge in [0, 0.05) is 11.1 Å². The van der Waals surface area contributed by atoms with Crippen LogP contribution in [0.25, 0.3) is 0 Å². The molecule has 19 heavy (non-hydrogen) atoms. The molecule has 1 aliphatic rings. The lowest BCUT2D eigenvalue weighted by Gasteiger charge is -2.22. The van der Waals surface area contributed by atoms with Crippen LogP contribution in [-0.2, 0) is 11.3 Å². The molecule has 0 radical (unpaired) electrons. The first-order valence-corrected chi connectivity index (χ1v) is 7.00. The Balaban J connectivity index is 2.04. The van der Waals surface area contributed by atoms with Gasteiger partial charge in [-0.3, -0.25) is 4.79 Å². The van der Waals surface area contributed by atoms with Gasteiger partial charge in [0.1, 0.15) is 5.75 Å². The van der Waals surface area contributed by atoms with Crippen LogP contribution in [0.3, 0.4) is 0 Å². The smallest absolute Gasteiger partial charge is 0.159 e. The molecule has 1 aromatic carbocycles. The van der Waals surface area contributed by atoms with Crippen molar-refractivity contribution in [3.05, 3.63) is 29.3 Å². The fourth-order valence-electron chi connectivity index (χ4n) is 2.55. The Kier molecular flexibility index (Phi) is 4.97. The summed E-state index contributed by atoms with van der Waals surface area (Å²) in [5.74, 6) is 0.863. The first-order chi connectivity index (χ1) is 9.20. The first kappa shape index (κ1) is 14.1. The maximum absolute atomic E-state index is 11.4. The summed E-state index contributed by atoms with van der Waals surface area (Å²) >= 11 is 0. The van der Waals surface area contributed by atoms with Gasteiger partial charge in [-0.2, -0.15) is 0 Å². The van der Waals surface area contributed by atoms with Crippen LogP contribution in [0.1, 0.15) is 54.9 Å². The van der Waals surface area contributed by atoms with Gasteiger partial charge in [-0.15, -0.1) is 0 Å². The number of rotatable bonds is 5. The van der Waals surface area contributed by atoms with Crippen molar-refractivity contribution >= 4 is 5.78 Å². The molecular formula is C16H22O3. The second-order valence-corrected chi connectivity index (χ2v) is 5.15. The van der Waals surface area contributed by atoms with E-state index in [-0.39, 0.29) is 5.78 Å². The van der Waals surface area contributed by atoms with Crippen molar-refractivity contribution in [1.29, 1.82) is 0 Å². The minimum Gasteiger partial charge on any atom is -0.496 e. The maximum atomic E-state index is 11.4. The van der Waals surface area contributed by atoms with Crippen LogP contribution in [0, 0.1) is 0 Å². The van der Waals surface area contributed by atoms with Crippen molar-refractivity contribution in [3.63, 3.8) is 0 Å². The van der Waals surface area contributed by atoms with Crippen molar-refractivity contribution in [3.8, 4) is 5.75 Å². The zero-order chi connectivity index (χ0) is 13.7. The number of carbonyl (C=O) groups excluding carboxylic acids is 1. The Hall–Kier alpha value is -1.35. The number of benzene rings is 1. The maximum Gasteiger partial charge on any atom is 0.159 e. The molecule has 1 saturated carbocycles. The van der Waals surface area contributed by atoms with Gasteiger partial charge >= 0.3 is 0 Å². The second kappa shape index (κ2) is 6.71. The van der Waals surface area contributed by atoms with Gasteiger partial charge in [-0.25, -0.2) is 0 Å². The molecule has 0 spiro atoms. The predicted octanol–water partition coefficient (Wildman–Crippen LogP) is 3.75. The van der Waals surface area contributed by atoms with Crippen molar-refractivity contribution in [2.45, 2.75) is 51.7 Å². The molecule has 3 heteroatoms. The molecule has 0 bridgehead atoms. The zero-order valence-corrected chi connectivity index (χ0v) is 11.8. The molecule has 0 saturated heterocycles. The monoisotopic (exact) mass is 262 g/mol. The number of ether oxygens (including phenoxy) is 2. The van der Waals surface area contributed by atoms with E-state index in [1.54, 1.807) is 20.1 Å². The van der Waals surface area contributed by atoms with Gasteiger partial charge in [0.15, 0.2) is 5.78 Å². The van der Waals surface area contributed by atoms with Gasteiger partial charge in [0.05, 0.1) is 19.8 Å². The number of hydrogen-bond donors (Lipinski definition) is 0. The summed E-state index contributed by atoms with van der Waals surface area (Å²) in [6.45, 7) is 2.10.